The molecule has 0 aliphatic carbocycles. The van der Waals surface area contributed by atoms with Crippen LogP contribution in [0.15, 0.2) is 37.1 Å². The van der Waals surface area contributed by atoms with Gasteiger partial charge in [-0.1, -0.05) is 29.3 Å². The molecule has 0 unspecified atom stereocenters. The fourth-order valence-corrected chi connectivity index (χ4v) is 2.18. The van der Waals surface area contributed by atoms with Gasteiger partial charge in [-0.3, -0.25) is 4.57 Å². The van der Waals surface area contributed by atoms with E-state index >= 15 is 0 Å². The van der Waals surface area contributed by atoms with E-state index in [2.05, 4.69) is 16.9 Å². The van der Waals surface area contributed by atoms with Crippen molar-refractivity contribution in [2.45, 2.75) is 6.92 Å². The third-order valence-corrected chi connectivity index (χ3v) is 2.79. The van der Waals surface area contributed by atoms with Crippen LogP contribution in [-0.2, 0) is 0 Å². The Morgan fingerprint density at radius 2 is 2.00 bits per heavy atom. The highest BCUT2D eigenvalue weighted by molar-refractivity contribution is 6.34. The van der Waals surface area contributed by atoms with Crippen LogP contribution in [0, 0.1) is 6.92 Å². The van der Waals surface area contributed by atoms with Gasteiger partial charge in [-0.25, -0.2) is 4.98 Å². The van der Waals surface area contributed by atoms with Crippen molar-refractivity contribution in [3.8, 4) is 5.69 Å². The summed E-state index contributed by atoms with van der Waals surface area (Å²) in [7, 11) is 0. The topological polar surface area (TPSA) is 29.9 Å². The molecule has 1 heterocycles. The highest BCUT2D eigenvalue weighted by Gasteiger charge is 2.08. The maximum atomic E-state index is 6.01. The van der Waals surface area contributed by atoms with Gasteiger partial charge >= 0.3 is 0 Å². The molecular formula is C13H13Cl2N3. The normalized spacial score (nSPS) is 10.4. The van der Waals surface area contributed by atoms with Crippen LogP contribution in [0.1, 0.15) is 5.69 Å². The van der Waals surface area contributed by atoms with E-state index in [9.17, 15) is 0 Å². The molecular weight excluding hydrogens is 269 g/mol. The van der Waals surface area contributed by atoms with Crippen molar-refractivity contribution in [2.75, 3.05) is 11.9 Å². The molecule has 0 saturated carbocycles. The van der Waals surface area contributed by atoms with Crippen molar-refractivity contribution in [1.82, 2.24) is 9.55 Å². The second-order valence-corrected chi connectivity index (χ2v) is 4.75. The van der Waals surface area contributed by atoms with E-state index < -0.39 is 0 Å². The Morgan fingerprint density at radius 3 is 2.61 bits per heavy atom. The van der Waals surface area contributed by atoms with Crippen LogP contribution in [0.4, 0.5) is 5.95 Å². The van der Waals surface area contributed by atoms with Gasteiger partial charge in [0.05, 0.1) is 11.4 Å². The van der Waals surface area contributed by atoms with Crippen LogP contribution in [0.5, 0.6) is 0 Å². The lowest BCUT2D eigenvalue weighted by Crippen LogP contribution is -2.05. The molecule has 0 saturated heterocycles. The summed E-state index contributed by atoms with van der Waals surface area (Å²) in [5.74, 6) is 0.741. The van der Waals surface area contributed by atoms with Crippen molar-refractivity contribution >= 4 is 29.2 Å². The molecule has 1 N–H and O–H groups in total. The number of aromatic nitrogens is 2. The monoisotopic (exact) mass is 281 g/mol. The van der Waals surface area contributed by atoms with Gasteiger partial charge in [0.15, 0.2) is 0 Å². The Balaban J connectivity index is 2.45. The van der Waals surface area contributed by atoms with Crippen molar-refractivity contribution in [3.05, 3.63) is 52.8 Å². The third kappa shape index (κ3) is 2.86. The average Bonchev–Trinajstić information content (AvgIpc) is 2.66. The van der Waals surface area contributed by atoms with Gasteiger partial charge in [-0.2, -0.15) is 0 Å². The summed E-state index contributed by atoms with van der Waals surface area (Å²) in [6.45, 7) is 6.25. The minimum atomic E-state index is 0.596. The summed E-state index contributed by atoms with van der Waals surface area (Å²) < 4.78 is 1.91. The second kappa shape index (κ2) is 5.46. The Bertz CT molecular complexity index is 555. The van der Waals surface area contributed by atoms with Gasteiger partial charge in [-0.15, -0.1) is 6.58 Å². The lowest BCUT2D eigenvalue weighted by atomic mass is 10.3. The zero-order valence-corrected chi connectivity index (χ0v) is 11.5. The van der Waals surface area contributed by atoms with Gasteiger partial charge in [0.25, 0.3) is 0 Å². The number of hydrogen-bond donors (Lipinski definition) is 1. The number of imidazole rings is 1. The average molecular weight is 282 g/mol. The van der Waals surface area contributed by atoms with Gasteiger partial charge < -0.3 is 5.32 Å². The first kappa shape index (κ1) is 13.0. The summed E-state index contributed by atoms with van der Waals surface area (Å²) in [6, 6.07) is 5.38. The van der Waals surface area contributed by atoms with Crippen LogP contribution in [0.2, 0.25) is 10.0 Å². The second-order valence-electron chi connectivity index (χ2n) is 3.87. The number of hydrogen-bond acceptors (Lipinski definition) is 2. The van der Waals surface area contributed by atoms with Gasteiger partial charge in [-0.05, 0) is 25.1 Å². The van der Waals surface area contributed by atoms with Gasteiger partial charge in [0, 0.05) is 22.8 Å². The minimum absolute atomic E-state index is 0.596. The van der Waals surface area contributed by atoms with Crippen LogP contribution in [0.25, 0.3) is 5.69 Å². The lowest BCUT2D eigenvalue weighted by molar-refractivity contribution is 1.04. The molecule has 2 rings (SSSR count). The van der Waals surface area contributed by atoms with E-state index in [1.165, 1.54) is 0 Å². The minimum Gasteiger partial charge on any atom is -0.352 e. The molecule has 0 amide bonds. The molecule has 0 atom stereocenters. The van der Waals surface area contributed by atoms with E-state index in [1.54, 1.807) is 12.1 Å². The van der Waals surface area contributed by atoms with Crippen molar-refractivity contribution in [2.24, 2.45) is 0 Å². The van der Waals surface area contributed by atoms with E-state index in [0.717, 1.165) is 17.3 Å². The summed E-state index contributed by atoms with van der Waals surface area (Å²) in [5.41, 5.74) is 1.79. The Hall–Kier alpha value is -1.45. The van der Waals surface area contributed by atoms with E-state index in [4.69, 9.17) is 23.2 Å². The molecule has 1 aromatic heterocycles. The first-order valence-corrected chi connectivity index (χ1v) is 6.23. The number of rotatable bonds is 4. The maximum Gasteiger partial charge on any atom is 0.207 e. The Kier molecular flexibility index (Phi) is 3.94. The SMILES string of the molecule is C=CCNc1nc(C)cn1-c1cc(Cl)cc(Cl)c1. The molecule has 0 radical (unpaired) electrons. The number of nitrogens with one attached hydrogen (secondary N) is 1. The molecule has 0 spiro atoms. The molecule has 18 heavy (non-hydrogen) atoms. The Labute approximate surface area is 116 Å². The smallest absolute Gasteiger partial charge is 0.207 e. The van der Waals surface area contributed by atoms with Crippen LogP contribution in [-0.4, -0.2) is 16.1 Å². The van der Waals surface area contributed by atoms with E-state index in [1.807, 2.05) is 29.8 Å². The van der Waals surface area contributed by atoms with Crippen molar-refractivity contribution in [1.29, 1.82) is 0 Å². The Morgan fingerprint density at radius 1 is 1.33 bits per heavy atom. The summed E-state index contributed by atoms with van der Waals surface area (Å²) in [4.78, 5) is 4.40. The quantitative estimate of drug-likeness (QED) is 0.856. The number of anilines is 1. The highest BCUT2D eigenvalue weighted by atomic mass is 35.5. The van der Waals surface area contributed by atoms with Crippen molar-refractivity contribution in [3.63, 3.8) is 0 Å². The fourth-order valence-electron chi connectivity index (χ4n) is 1.66. The number of nitrogens with zero attached hydrogens (tertiary/aromatic N) is 2. The number of aryl methyl sites for hydroxylation is 1. The fraction of sp³-hybridized carbons (Fsp3) is 0.154. The molecule has 0 fully saturated rings. The predicted molar refractivity (Wildman–Crippen MR) is 77.0 cm³/mol. The van der Waals surface area contributed by atoms with Crippen LogP contribution >= 0.6 is 23.2 Å². The zero-order valence-electron chi connectivity index (χ0n) is 9.95. The molecule has 94 valence electrons. The maximum absolute atomic E-state index is 6.01. The predicted octanol–water partition coefficient (Wildman–Crippen LogP) is 4.09. The first-order chi connectivity index (χ1) is 8.60. The van der Waals surface area contributed by atoms with E-state index in [0.29, 0.717) is 16.6 Å². The summed E-state index contributed by atoms with van der Waals surface area (Å²) >= 11 is 12.0. The lowest BCUT2D eigenvalue weighted by Gasteiger charge is -2.09. The molecule has 2 aromatic rings. The summed E-state index contributed by atoms with van der Waals surface area (Å²) in [5, 5.41) is 4.36. The number of benzene rings is 1. The molecule has 0 bridgehead atoms. The molecule has 5 heteroatoms. The highest BCUT2D eigenvalue weighted by Crippen LogP contribution is 2.24. The van der Waals surface area contributed by atoms with Gasteiger partial charge in [0.1, 0.15) is 0 Å². The largest absolute Gasteiger partial charge is 0.352 e. The number of halogens is 2. The third-order valence-electron chi connectivity index (χ3n) is 2.36. The van der Waals surface area contributed by atoms with E-state index in [-0.39, 0.29) is 0 Å². The van der Waals surface area contributed by atoms with Crippen LogP contribution < -0.4 is 5.32 Å². The molecule has 0 aliphatic rings. The standard InChI is InChI=1S/C13H13Cl2N3/c1-3-4-16-13-17-9(2)8-18(13)12-6-10(14)5-11(15)7-12/h3,5-8H,1,4H2,2H3,(H,16,17). The molecule has 1 aromatic carbocycles. The van der Waals surface area contributed by atoms with Gasteiger partial charge in [0.2, 0.25) is 5.95 Å². The molecule has 3 nitrogen and oxygen atoms in total. The van der Waals surface area contributed by atoms with Crippen molar-refractivity contribution < 1.29 is 0 Å². The zero-order chi connectivity index (χ0) is 13.1. The van der Waals surface area contributed by atoms with Crippen LogP contribution in [0.3, 0.4) is 0 Å². The first-order valence-electron chi connectivity index (χ1n) is 5.47. The summed E-state index contributed by atoms with van der Waals surface area (Å²) in [6.07, 6.45) is 3.70. The molecule has 0 aliphatic heterocycles.